The maximum atomic E-state index is 10.9. The largest absolute Gasteiger partial charge is 0.463 e. The van der Waals surface area contributed by atoms with E-state index >= 15 is 0 Å². The number of rotatable bonds is 20. The lowest BCUT2D eigenvalue weighted by Gasteiger charge is -2.33. The predicted octanol–water partition coefficient (Wildman–Crippen LogP) is 4.91. The van der Waals surface area contributed by atoms with Crippen molar-refractivity contribution in [3.63, 3.8) is 0 Å². The molecule has 0 aromatic rings. The van der Waals surface area contributed by atoms with Gasteiger partial charge >= 0.3 is 5.97 Å². The van der Waals surface area contributed by atoms with E-state index < -0.39 is 0 Å². The lowest BCUT2D eigenvalue weighted by Crippen LogP contribution is -2.63. The number of ether oxygens (including phenoxy) is 1. The van der Waals surface area contributed by atoms with Gasteiger partial charge in [0.2, 0.25) is 0 Å². The molecule has 0 aliphatic heterocycles. The molecular formula is C22H46ClN3O2. The number of carbonyl (C=O) groups is 1. The lowest BCUT2D eigenvalue weighted by atomic mass is 10.0. The fourth-order valence-corrected chi connectivity index (χ4v) is 3.42. The van der Waals surface area contributed by atoms with E-state index in [4.69, 9.17) is 4.74 Å². The zero-order valence-electron chi connectivity index (χ0n) is 18.6. The van der Waals surface area contributed by atoms with Crippen molar-refractivity contribution >= 4 is 18.4 Å². The Morgan fingerprint density at radius 3 is 1.46 bits per heavy atom. The monoisotopic (exact) mass is 419 g/mol. The molecule has 6 heteroatoms. The second-order valence-electron chi connectivity index (χ2n) is 7.37. The summed E-state index contributed by atoms with van der Waals surface area (Å²) in [5, 5.41) is 9.98. The first-order valence-electron chi connectivity index (χ1n) is 11.0. The number of unbranched alkanes of at least 4 members (excludes halogenated alkanes) is 12. The highest BCUT2D eigenvalue weighted by Crippen LogP contribution is 2.14. The molecule has 0 radical (unpaired) electrons. The molecule has 3 N–H and O–H groups in total. The highest BCUT2D eigenvalue weighted by molar-refractivity contribution is 5.85. The van der Waals surface area contributed by atoms with E-state index in [2.05, 4.69) is 22.5 Å². The predicted molar refractivity (Wildman–Crippen MR) is 123 cm³/mol. The molecule has 0 aromatic carbocycles. The van der Waals surface area contributed by atoms with Gasteiger partial charge in [-0.3, -0.25) is 16.0 Å². The Bertz CT molecular complexity index is 355. The number of nitrogens with one attached hydrogen (secondary N) is 3. The van der Waals surface area contributed by atoms with Gasteiger partial charge in [-0.15, -0.1) is 12.4 Å². The summed E-state index contributed by atoms with van der Waals surface area (Å²) in [6.07, 6.45) is 19.1. The highest BCUT2D eigenvalue weighted by Gasteiger charge is 2.21. The van der Waals surface area contributed by atoms with Gasteiger partial charge in [0, 0.05) is 6.08 Å². The summed E-state index contributed by atoms with van der Waals surface area (Å²) < 4.78 is 4.97. The summed E-state index contributed by atoms with van der Waals surface area (Å²) in [6, 6.07) is 0. The third kappa shape index (κ3) is 16.3. The Balaban J connectivity index is 0. The van der Waals surface area contributed by atoms with Crippen LogP contribution in [0.15, 0.2) is 12.7 Å². The molecule has 168 valence electrons. The van der Waals surface area contributed by atoms with Gasteiger partial charge in [-0.05, 0) is 40.4 Å². The molecule has 0 aliphatic rings. The highest BCUT2D eigenvalue weighted by atomic mass is 35.5. The van der Waals surface area contributed by atoms with E-state index in [1.807, 2.05) is 21.1 Å². The molecule has 28 heavy (non-hydrogen) atoms. The summed E-state index contributed by atoms with van der Waals surface area (Å²) in [5.41, 5.74) is 0. The van der Waals surface area contributed by atoms with Crippen LogP contribution in [0.4, 0.5) is 0 Å². The van der Waals surface area contributed by atoms with Crippen molar-refractivity contribution in [2.45, 2.75) is 95.7 Å². The number of halogens is 1. The fourth-order valence-electron chi connectivity index (χ4n) is 3.42. The van der Waals surface area contributed by atoms with E-state index in [9.17, 15) is 4.79 Å². The molecule has 0 amide bonds. The molecule has 0 aromatic heterocycles. The van der Waals surface area contributed by atoms with Crippen LogP contribution in [0.3, 0.4) is 0 Å². The van der Waals surface area contributed by atoms with Gasteiger partial charge in [-0.2, -0.15) is 0 Å². The molecule has 0 rings (SSSR count). The minimum Gasteiger partial charge on any atom is -0.463 e. The van der Waals surface area contributed by atoms with Crippen LogP contribution in [-0.4, -0.2) is 39.5 Å². The number of hydrogen-bond donors (Lipinski definition) is 3. The summed E-state index contributed by atoms with van der Waals surface area (Å²) in [4.78, 5) is 10.9. The molecule has 0 atom stereocenters. The van der Waals surface area contributed by atoms with Crippen LogP contribution in [0.5, 0.6) is 0 Å². The summed E-state index contributed by atoms with van der Waals surface area (Å²) in [7, 11) is 5.98. The topological polar surface area (TPSA) is 62.4 Å². The van der Waals surface area contributed by atoms with Gasteiger partial charge < -0.3 is 4.74 Å². The van der Waals surface area contributed by atoms with Crippen molar-refractivity contribution in [3.05, 3.63) is 12.7 Å². The second-order valence-corrected chi connectivity index (χ2v) is 7.37. The molecule has 0 heterocycles. The smallest absolute Gasteiger partial charge is 0.330 e. The Kier molecular flexibility index (Phi) is 22.3. The van der Waals surface area contributed by atoms with Crippen LogP contribution < -0.4 is 16.0 Å². The first-order valence-corrected chi connectivity index (χ1v) is 11.0. The molecule has 0 unspecified atom stereocenters. The molecule has 0 saturated heterocycles. The quantitative estimate of drug-likeness (QED) is 0.113. The van der Waals surface area contributed by atoms with Crippen LogP contribution >= 0.6 is 12.4 Å². The number of carbonyl (C=O) groups excluding carboxylic acids is 1. The lowest BCUT2D eigenvalue weighted by molar-refractivity contribution is -0.137. The van der Waals surface area contributed by atoms with Crippen molar-refractivity contribution in [3.8, 4) is 0 Å². The molecule has 0 fully saturated rings. The minimum absolute atomic E-state index is 0. The Morgan fingerprint density at radius 1 is 0.750 bits per heavy atom. The van der Waals surface area contributed by atoms with Crippen molar-refractivity contribution in [1.29, 1.82) is 0 Å². The zero-order valence-corrected chi connectivity index (χ0v) is 19.4. The van der Waals surface area contributed by atoms with E-state index in [-0.39, 0.29) is 24.2 Å². The third-order valence-electron chi connectivity index (χ3n) is 5.39. The molecule has 0 aliphatic carbocycles. The Hall–Kier alpha value is -0.620. The molecular weight excluding hydrogens is 374 g/mol. The van der Waals surface area contributed by atoms with Crippen LogP contribution in [0, 0.1) is 0 Å². The van der Waals surface area contributed by atoms with Gasteiger partial charge in [-0.1, -0.05) is 77.2 Å². The molecule has 0 bridgehead atoms. The van der Waals surface area contributed by atoms with E-state index in [1.54, 1.807) is 0 Å². The maximum Gasteiger partial charge on any atom is 0.330 e. The molecule has 0 spiro atoms. The maximum absolute atomic E-state index is 10.9. The van der Waals surface area contributed by atoms with Crippen molar-refractivity contribution < 1.29 is 9.53 Å². The first-order chi connectivity index (χ1) is 13.1. The molecule has 5 nitrogen and oxygen atoms in total. The standard InChI is InChI=1S/C22H45N3O2.ClH/c1-5-21(26)27-20-18-16-14-12-10-8-6-7-9-11-13-15-17-19-22(23-2,24-3)25-4;/h5,23-25H,1,6-20H2,2-4H3;1H. The molecule has 0 saturated carbocycles. The van der Waals surface area contributed by atoms with Crippen molar-refractivity contribution in [2.24, 2.45) is 0 Å². The van der Waals surface area contributed by atoms with Crippen LogP contribution in [0.2, 0.25) is 0 Å². The van der Waals surface area contributed by atoms with E-state index in [0.717, 1.165) is 19.3 Å². The van der Waals surface area contributed by atoms with Crippen LogP contribution in [0.25, 0.3) is 0 Å². The average molecular weight is 420 g/mol. The van der Waals surface area contributed by atoms with E-state index in [0.29, 0.717) is 6.61 Å². The number of hydrogen-bond acceptors (Lipinski definition) is 5. The summed E-state index contributed by atoms with van der Waals surface area (Å²) in [6.45, 7) is 3.92. The van der Waals surface area contributed by atoms with Gasteiger partial charge in [0.25, 0.3) is 0 Å². The zero-order chi connectivity index (χ0) is 20.2. The third-order valence-corrected chi connectivity index (χ3v) is 5.39. The van der Waals surface area contributed by atoms with Gasteiger partial charge in [0.05, 0.1) is 6.61 Å². The van der Waals surface area contributed by atoms with Crippen LogP contribution in [-0.2, 0) is 9.53 Å². The van der Waals surface area contributed by atoms with Crippen molar-refractivity contribution in [1.82, 2.24) is 16.0 Å². The SMILES string of the molecule is C=CC(=O)OCCCCCCCCCCCCCCCC(NC)(NC)NC.Cl. The van der Waals surface area contributed by atoms with Gasteiger partial charge in [0.1, 0.15) is 5.79 Å². The summed E-state index contributed by atoms with van der Waals surface area (Å²) >= 11 is 0. The Labute approximate surface area is 180 Å². The first kappa shape index (κ1) is 29.6. The fraction of sp³-hybridized carbons (Fsp3) is 0.864. The second kappa shape index (κ2) is 21.1. The minimum atomic E-state index is -0.308. The van der Waals surface area contributed by atoms with E-state index in [1.165, 1.54) is 76.7 Å². The van der Waals surface area contributed by atoms with Gasteiger partial charge in [-0.25, -0.2) is 4.79 Å². The van der Waals surface area contributed by atoms with Gasteiger partial charge in [0.15, 0.2) is 0 Å². The average Bonchev–Trinajstić information content (AvgIpc) is 2.70. The van der Waals surface area contributed by atoms with Crippen LogP contribution in [0.1, 0.15) is 89.9 Å². The number of esters is 1. The normalized spacial score (nSPS) is 11.1. The summed E-state index contributed by atoms with van der Waals surface area (Å²) in [5.74, 6) is -0.423. The van der Waals surface area contributed by atoms with Crippen molar-refractivity contribution in [2.75, 3.05) is 27.7 Å². The Morgan fingerprint density at radius 2 is 1.11 bits per heavy atom.